The van der Waals surface area contributed by atoms with Gasteiger partial charge in [-0.1, -0.05) is 26.8 Å². The summed E-state index contributed by atoms with van der Waals surface area (Å²) < 4.78 is 6.20. The molecule has 0 bridgehead atoms. The SMILES string of the molecule is C=CCCC(CC=O)O[Si](C)(C)C(C)(C)C. The molecule has 0 aliphatic carbocycles. The topological polar surface area (TPSA) is 26.3 Å². The summed E-state index contributed by atoms with van der Waals surface area (Å²) in [7, 11) is -1.75. The Kier molecular flexibility index (Phi) is 6.19. The van der Waals surface area contributed by atoms with E-state index in [1.165, 1.54) is 0 Å². The Bertz CT molecular complexity index is 229. The van der Waals surface area contributed by atoms with Crippen LogP contribution >= 0.6 is 0 Å². The molecule has 0 radical (unpaired) electrons. The molecule has 2 nitrogen and oxygen atoms in total. The van der Waals surface area contributed by atoms with Crippen molar-refractivity contribution in [3.8, 4) is 0 Å². The normalized spacial score (nSPS) is 14.6. The van der Waals surface area contributed by atoms with Gasteiger partial charge >= 0.3 is 0 Å². The third kappa shape index (κ3) is 5.08. The van der Waals surface area contributed by atoms with E-state index in [9.17, 15) is 4.79 Å². The zero-order valence-corrected chi connectivity index (χ0v) is 12.4. The lowest BCUT2D eigenvalue weighted by Crippen LogP contribution is -2.44. The maximum atomic E-state index is 10.6. The molecule has 0 amide bonds. The standard InChI is InChI=1S/C13H26O2Si/c1-7-8-9-12(10-11-14)15-16(5,6)13(2,3)4/h7,11-12H,1,8-10H2,2-6H3. The van der Waals surface area contributed by atoms with Crippen molar-refractivity contribution >= 4 is 14.6 Å². The molecule has 0 saturated carbocycles. The molecule has 0 rings (SSSR count). The fourth-order valence-electron chi connectivity index (χ4n) is 1.23. The molecule has 16 heavy (non-hydrogen) atoms. The van der Waals surface area contributed by atoms with Gasteiger partial charge < -0.3 is 9.22 Å². The number of rotatable bonds is 7. The molecule has 1 unspecified atom stereocenters. The highest BCUT2D eigenvalue weighted by molar-refractivity contribution is 6.74. The van der Waals surface area contributed by atoms with Crippen LogP contribution < -0.4 is 0 Å². The van der Waals surface area contributed by atoms with Gasteiger partial charge in [0, 0.05) is 6.42 Å². The third-order valence-corrected chi connectivity index (χ3v) is 7.85. The van der Waals surface area contributed by atoms with Gasteiger partial charge in [-0.2, -0.15) is 0 Å². The minimum atomic E-state index is -1.75. The Labute approximate surface area is 101 Å². The second kappa shape index (κ2) is 6.35. The van der Waals surface area contributed by atoms with E-state index in [2.05, 4.69) is 40.4 Å². The second-order valence-electron chi connectivity index (χ2n) is 5.77. The van der Waals surface area contributed by atoms with Crippen LogP contribution in [0.2, 0.25) is 18.1 Å². The largest absolute Gasteiger partial charge is 0.413 e. The van der Waals surface area contributed by atoms with Crippen LogP contribution in [0.3, 0.4) is 0 Å². The fraction of sp³-hybridized carbons (Fsp3) is 0.769. The molecule has 0 spiro atoms. The molecule has 0 heterocycles. The zero-order valence-electron chi connectivity index (χ0n) is 11.4. The van der Waals surface area contributed by atoms with Crippen LogP contribution in [0.5, 0.6) is 0 Å². The minimum absolute atomic E-state index is 0.0661. The van der Waals surface area contributed by atoms with Crippen molar-refractivity contribution in [1.82, 2.24) is 0 Å². The van der Waals surface area contributed by atoms with Crippen LogP contribution in [-0.4, -0.2) is 20.7 Å². The Hall–Kier alpha value is -0.413. The van der Waals surface area contributed by atoms with E-state index < -0.39 is 8.32 Å². The lowest BCUT2D eigenvalue weighted by Gasteiger charge is -2.39. The third-order valence-electron chi connectivity index (χ3n) is 3.32. The first kappa shape index (κ1) is 15.6. The van der Waals surface area contributed by atoms with Crippen LogP contribution in [-0.2, 0) is 9.22 Å². The predicted octanol–water partition coefficient (Wildman–Crippen LogP) is 3.93. The van der Waals surface area contributed by atoms with Gasteiger partial charge in [0.1, 0.15) is 6.29 Å². The fourth-order valence-corrected chi connectivity index (χ4v) is 2.63. The zero-order chi connectivity index (χ0) is 12.8. The highest BCUT2D eigenvalue weighted by Crippen LogP contribution is 2.37. The summed E-state index contributed by atoms with van der Waals surface area (Å²) >= 11 is 0. The Morgan fingerprint density at radius 2 is 1.94 bits per heavy atom. The Morgan fingerprint density at radius 1 is 1.38 bits per heavy atom. The van der Waals surface area contributed by atoms with Gasteiger partial charge in [-0.05, 0) is 31.0 Å². The first-order valence-corrected chi connectivity index (χ1v) is 8.88. The Balaban J connectivity index is 4.47. The highest BCUT2D eigenvalue weighted by atomic mass is 28.4. The Morgan fingerprint density at radius 3 is 2.31 bits per heavy atom. The molecule has 0 N–H and O–H groups in total. The van der Waals surface area contributed by atoms with E-state index in [4.69, 9.17) is 4.43 Å². The summed E-state index contributed by atoms with van der Waals surface area (Å²) in [4.78, 5) is 10.6. The van der Waals surface area contributed by atoms with Crippen molar-refractivity contribution < 1.29 is 9.22 Å². The van der Waals surface area contributed by atoms with Gasteiger partial charge in [0.05, 0.1) is 6.10 Å². The molecule has 0 fully saturated rings. The maximum absolute atomic E-state index is 10.6. The number of allylic oxidation sites excluding steroid dienone is 1. The lowest BCUT2D eigenvalue weighted by molar-refractivity contribution is -0.109. The summed E-state index contributed by atoms with van der Waals surface area (Å²) in [5, 5.41) is 0.197. The van der Waals surface area contributed by atoms with Gasteiger partial charge in [-0.25, -0.2) is 0 Å². The smallest absolute Gasteiger partial charge is 0.192 e. The quantitative estimate of drug-likeness (QED) is 0.384. The second-order valence-corrected chi connectivity index (χ2v) is 10.5. The van der Waals surface area contributed by atoms with E-state index >= 15 is 0 Å². The van der Waals surface area contributed by atoms with Crippen molar-refractivity contribution in [1.29, 1.82) is 0 Å². The van der Waals surface area contributed by atoms with Crippen molar-refractivity contribution in [2.45, 2.75) is 64.3 Å². The summed E-state index contributed by atoms with van der Waals surface area (Å²) in [5.41, 5.74) is 0. The van der Waals surface area contributed by atoms with Gasteiger partial charge in [-0.3, -0.25) is 0 Å². The van der Waals surface area contributed by atoms with Crippen molar-refractivity contribution in [2.75, 3.05) is 0 Å². The molecule has 0 aromatic rings. The number of hydrogen-bond donors (Lipinski definition) is 0. The molecule has 0 saturated heterocycles. The average Bonchev–Trinajstić information content (AvgIpc) is 2.12. The molecule has 0 aromatic heterocycles. The van der Waals surface area contributed by atoms with Crippen LogP contribution in [0.1, 0.15) is 40.0 Å². The lowest BCUT2D eigenvalue weighted by atomic mass is 10.1. The number of hydrogen-bond acceptors (Lipinski definition) is 2. The summed E-state index contributed by atoms with van der Waals surface area (Å²) in [5.74, 6) is 0. The minimum Gasteiger partial charge on any atom is -0.413 e. The molecular weight excluding hydrogens is 216 g/mol. The predicted molar refractivity (Wildman–Crippen MR) is 72.2 cm³/mol. The number of carbonyl (C=O) groups is 1. The van der Waals surface area contributed by atoms with Crippen molar-refractivity contribution in [3.63, 3.8) is 0 Å². The van der Waals surface area contributed by atoms with Crippen molar-refractivity contribution in [2.24, 2.45) is 0 Å². The van der Waals surface area contributed by atoms with Crippen molar-refractivity contribution in [3.05, 3.63) is 12.7 Å². The molecule has 0 aromatic carbocycles. The van der Waals surface area contributed by atoms with Crippen LogP contribution in [0, 0.1) is 0 Å². The van der Waals surface area contributed by atoms with Crippen LogP contribution in [0.4, 0.5) is 0 Å². The molecular formula is C13H26O2Si. The maximum Gasteiger partial charge on any atom is 0.192 e. The molecule has 0 aliphatic heterocycles. The summed E-state index contributed by atoms with van der Waals surface area (Å²) in [6.45, 7) is 14.8. The molecule has 0 aliphatic rings. The van der Waals surface area contributed by atoms with Gasteiger partial charge in [0.25, 0.3) is 0 Å². The number of carbonyl (C=O) groups excluding carboxylic acids is 1. The average molecular weight is 242 g/mol. The molecule has 94 valence electrons. The first-order chi connectivity index (χ1) is 7.24. The van der Waals surface area contributed by atoms with E-state index in [-0.39, 0.29) is 11.1 Å². The monoisotopic (exact) mass is 242 g/mol. The molecule has 1 atom stereocenters. The van der Waals surface area contributed by atoms with Crippen LogP contribution in [0.25, 0.3) is 0 Å². The summed E-state index contributed by atoms with van der Waals surface area (Å²) in [6, 6.07) is 0. The van der Waals surface area contributed by atoms with E-state index in [1.807, 2.05) is 6.08 Å². The highest BCUT2D eigenvalue weighted by Gasteiger charge is 2.38. The molecule has 3 heteroatoms. The van der Waals surface area contributed by atoms with Gasteiger partial charge in [-0.15, -0.1) is 6.58 Å². The van der Waals surface area contributed by atoms with Gasteiger partial charge in [0.2, 0.25) is 0 Å². The van der Waals surface area contributed by atoms with E-state index in [0.29, 0.717) is 6.42 Å². The summed E-state index contributed by atoms with van der Waals surface area (Å²) in [6.07, 6.45) is 5.21. The number of aldehydes is 1. The first-order valence-electron chi connectivity index (χ1n) is 5.97. The van der Waals surface area contributed by atoms with E-state index in [0.717, 1.165) is 19.1 Å². The van der Waals surface area contributed by atoms with Gasteiger partial charge in [0.15, 0.2) is 8.32 Å². The van der Waals surface area contributed by atoms with E-state index in [1.54, 1.807) is 0 Å². The van der Waals surface area contributed by atoms with Crippen LogP contribution in [0.15, 0.2) is 12.7 Å².